The minimum Gasteiger partial charge on any atom is -0.449 e. The average Bonchev–Trinajstić information content (AvgIpc) is 2.43. The van der Waals surface area contributed by atoms with Crippen LogP contribution in [-0.2, 0) is 19.4 Å². The van der Waals surface area contributed by atoms with Gasteiger partial charge < -0.3 is 10.1 Å². The van der Waals surface area contributed by atoms with E-state index in [0.29, 0.717) is 12.1 Å². The average molecular weight is 327 g/mol. The SMILES string of the molecule is CCCNC(=O)C(C)OC(=O)c1cc(S(C)(=O)=O)ccc1C. The van der Waals surface area contributed by atoms with Gasteiger partial charge in [0.05, 0.1) is 10.5 Å². The number of benzene rings is 1. The largest absolute Gasteiger partial charge is 0.449 e. The van der Waals surface area contributed by atoms with Crippen LogP contribution in [0.15, 0.2) is 23.1 Å². The summed E-state index contributed by atoms with van der Waals surface area (Å²) in [6, 6.07) is 4.23. The molecule has 0 aliphatic rings. The number of nitrogens with one attached hydrogen (secondary N) is 1. The predicted molar refractivity (Wildman–Crippen MR) is 82.5 cm³/mol. The Morgan fingerprint density at radius 3 is 2.50 bits per heavy atom. The molecule has 1 aromatic carbocycles. The van der Waals surface area contributed by atoms with Gasteiger partial charge in [-0.25, -0.2) is 13.2 Å². The molecule has 0 radical (unpaired) electrons. The Bertz CT molecular complexity index is 667. The van der Waals surface area contributed by atoms with Crippen molar-refractivity contribution in [3.8, 4) is 0 Å². The Morgan fingerprint density at radius 2 is 1.95 bits per heavy atom. The van der Waals surface area contributed by atoms with E-state index < -0.39 is 21.9 Å². The molecule has 0 aromatic heterocycles. The van der Waals surface area contributed by atoms with Gasteiger partial charge in [0.1, 0.15) is 0 Å². The summed E-state index contributed by atoms with van der Waals surface area (Å²) in [5.74, 6) is -1.10. The second-order valence-corrected chi connectivity index (χ2v) is 7.10. The molecule has 0 fully saturated rings. The van der Waals surface area contributed by atoms with Gasteiger partial charge in [-0.2, -0.15) is 0 Å². The van der Waals surface area contributed by atoms with E-state index in [1.54, 1.807) is 6.92 Å². The Kier molecular flexibility index (Phi) is 6.11. The smallest absolute Gasteiger partial charge is 0.339 e. The highest BCUT2D eigenvalue weighted by Gasteiger charge is 2.21. The van der Waals surface area contributed by atoms with Gasteiger partial charge in [0.15, 0.2) is 15.9 Å². The van der Waals surface area contributed by atoms with E-state index >= 15 is 0 Å². The van der Waals surface area contributed by atoms with Crippen LogP contribution in [0.2, 0.25) is 0 Å². The molecule has 0 bridgehead atoms. The molecule has 0 aliphatic heterocycles. The number of carbonyl (C=O) groups excluding carboxylic acids is 2. The number of hydrogen-bond donors (Lipinski definition) is 1. The van der Waals surface area contributed by atoms with E-state index in [2.05, 4.69) is 5.32 Å². The van der Waals surface area contributed by atoms with Gasteiger partial charge in [-0.05, 0) is 38.0 Å². The monoisotopic (exact) mass is 327 g/mol. The van der Waals surface area contributed by atoms with Crippen molar-refractivity contribution in [2.24, 2.45) is 0 Å². The summed E-state index contributed by atoms with van der Waals surface area (Å²) >= 11 is 0. The maximum Gasteiger partial charge on any atom is 0.339 e. The first-order valence-electron chi connectivity index (χ1n) is 6.96. The van der Waals surface area contributed by atoms with Gasteiger partial charge in [-0.1, -0.05) is 13.0 Å². The molecule has 0 heterocycles. The van der Waals surface area contributed by atoms with Crippen molar-refractivity contribution >= 4 is 21.7 Å². The summed E-state index contributed by atoms with van der Waals surface area (Å²) in [6.45, 7) is 5.56. The van der Waals surface area contributed by atoms with Gasteiger partial charge in [0.2, 0.25) is 0 Å². The highest BCUT2D eigenvalue weighted by molar-refractivity contribution is 7.90. The number of rotatable bonds is 6. The second kappa shape index (κ2) is 7.40. The van der Waals surface area contributed by atoms with Gasteiger partial charge >= 0.3 is 5.97 Å². The molecule has 1 rings (SSSR count). The molecule has 1 N–H and O–H groups in total. The standard InChI is InChI=1S/C15H21NO5S/c1-5-8-16-14(17)11(3)21-15(18)13-9-12(22(4,19)20)7-6-10(13)2/h6-7,9,11H,5,8H2,1-4H3,(H,16,17). The third kappa shape index (κ3) is 4.84. The zero-order valence-corrected chi connectivity index (χ0v) is 14.0. The van der Waals surface area contributed by atoms with Crippen molar-refractivity contribution < 1.29 is 22.7 Å². The lowest BCUT2D eigenvalue weighted by molar-refractivity contribution is -0.129. The molecule has 1 unspecified atom stereocenters. The van der Waals surface area contributed by atoms with E-state index in [1.165, 1.54) is 25.1 Å². The first-order chi connectivity index (χ1) is 10.2. The van der Waals surface area contributed by atoms with Crippen molar-refractivity contribution in [2.45, 2.75) is 38.2 Å². The number of amides is 1. The summed E-state index contributed by atoms with van der Waals surface area (Å²) < 4.78 is 28.2. The molecule has 22 heavy (non-hydrogen) atoms. The summed E-state index contributed by atoms with van der Waals surface area (Å²) in [5, 5.41) is 2.63. The summed E-state index contributed by atoms with van der Waals surface area (Å²) in [5.41, 5.74) is 0.719. The van der Waals surface area contributed by atoms with E-state index in [1.807, 2.05) is 6.92 Å². The molecule has 0 saturated heterocycles. The molecule has 0 saturated carbocycles. The zero-order valence-electron chi connectivity index (χ0n) is 13.2. The molecule has 122 valence electrons. The fourth-order valence-corrected chi connectivity index (χ4v) is 2.37. The Labute approximate surface area is 130 Å². The predicted octanol–water partition coefficient (Wildman–Crippen LogP) is 1.47. The fraction of sp³-hybridized carbons (Fsp3) is 0.467. The van der Waals surface area contributed by atoms with Crippen molar-refractivity contribution in [3.63, 3.8) is 0 Å². The van der Waals surface area contributed by atoms with Crippen LogP contribution >= 0.6 is 0 Å². The summed E-state index contributed by atoms with van der Waals surface area (Å²) in [4.78, 5) is 23.9. The van der Waals surface area contributed by atoms with Gasteiger partial charge in [-0.3, -0.25) is 4.79 Å². The normalized spacial score (nSPS) is 12.5. The van der Waals surface area contributed by atoms with Crippen LogP contribution in [0.25, 0.3) is 0 Å². The molecule has 0 spiro atoms. The number of hydrogen-bond acceptors (Lipinski definition) is 5. The number of carbonyl (C=O) groups is 2. The maximum atomic E-state index is 12.1. The van der Waals surface area contributed by atoms with Crippen LogP contribution in [0.1, 0.15) is 36.2 Å². The van der Waals surface area contributed by atoms with Crippen LogP contribution in [0, 0.1) is 6.92 Å². The molecular weight excluding hydrogens is 306 g/mol. The lowest BCUT2D eigenvalue weighted by atomic mass is 10.1. The number of esters is 1. The highest BCUT2D eigenvalue weighted by atomic mass is 32.2. The van der Waals surface area contributed by atoms with Gasteiger partial charge in [0.25, 0.3) is 5.91 Å². The molecule has 1 amide bonds. The first kappa shape index (κ1) is 18.2. The maximum absolute atomic E-state index is 12.1. The minimum absolute atomic E-state index is 0.0353. The van der Waals surface area contributed by atoms with Crippen molar-refractivity contribution in [1.29, 1.82) is 0 Å². The molecule has 7 heteroatoms. The van der Waals surface area contributed by atoms with E-state index in [9.17, 15) is 18.0 Å². The van der Waals surface area contributed by atoms with Crippen LogP contribution in [0.3, 0.4) is 0 Å². The lowest BCUT2D eigenvalue weighted by Gasteiger charge is -2.14. The van der Waals surface area contributed by atoms with Gasteiger partial charge in [-0.15, -0.1) is 0 Å². The third-order valence-electron chi connectivity index (χ3n) is 3.06. The lowest BCUT2D eigenvalue weighted by Crippen LogP contribution is -2.36. The number of aryl methyl sites for hydroxylation is 1. The van der Waals surface area contributed by atoms with Crippen LogP contribution in [0.5, 0.6) is 0 Å². The van der Waals surface area contributed by atoms with Crippen molar-refractivity contribution in [3.05, 3.63) is 29.3 Å². The molecule has 6 nitrogen and oxygen atoms in total. The Morgan fingerprint density at radius 1 is 1.32 bits per heavy atom. The summed E-state index contributed by atoms with van der Waals surface area (Å²) in [6.07, 6.45) is 0.899. The van der Waals surface area contributed by atoms with E-state index in [-0.39, 0.29) is 16.4 Å². The van der Waals surface area contributed by atoms with E-state index in [0.717, 1.165) is 12.7 Å². The summed E-state index contributed by atoms with van der Waals surface area (Å²) in [7, 11) is -3.42. The third-order valence-corrected chi connectivity index (χ3v) is 4.17. The van der Waals surface area contributed by atoms with Crippen LogP contribution in [-0.4, -0.2) is 39.2 Å². The Hall–Kier alpha value is -1.89. The first-order valence-corrected chi connectivity index (χ1v) is 8.85. The molecule has 0 aliphatic carbocycles. The molecular formula is C15H21NO5S. The zero-order chi connectivity index (χ0) is 16.9. The van der Waals surface area contributed by atoms with E-state index in [4.69, 9.17) is 4.74 Å². The number of sulfone groups is 1. The van der Waals surface area contributed by atoms with Crippen molar-refractivity contribution in [2.75, 3.05) is 12.8 Å². The van der Waals surface area contributed by atoms with Crippen LogP contribution in [0.4, 0.5) is 0 Å². The number of ether oxygens (including phenoxy) is 1. The topological polar surface area (TPSA) is 89.5 Å². The highest BCUT2D eigenvalue weighted by Crippen LogP contribution is 2.17. The second-order valence-electron chi connectivity index (χ2n) is 5.09. The van der Waals surface area contributed by atoms with Crippen molar-refractivity contribution in [1.82, 2.24) is 5.32 Å². The molecule has 1 aromatic rings. The fourth-order valence-electron chi connectivity index (χ4n) is 1.72. The quantitative estimate of drug-likeness (QED) is 0.799. The van der Waals surface area contributed by atoms with Crippen LogP contribution < -0.4 is 5.32 Å². The minimum atomic E-state index is -3.42. The molecule has 1 atom stereocenters. The van der Waals surface area contributed by atoms with Gasteiger partial charge in [0, 0.05) is 12.8 Å². The Balaban J connectivity index is 2.92.